The Hall–Kier alpha value is -2.01. The van der Waals surface area contributed by atoms with E-state index in [0.29, 0.717) is 6.04 Å². The molecule has 0 spiro atoms. The second-order valence-corrected chi connectivity index (χ2v) is 7.28. The van der Waals surface area contributed by atoms with E-state index in [0.717, 1.165) is 42.8 Å². The Labute approximate surface area is 154 Å². The van der Waals surface area contributed by atoms with E-state index in [9.17, 15) is 0 Å². The maximum absolute atomic E-state index is 6.11. The topological polar surface area (TPSA) is 44.3 Å². The summed E-state index contributed by atoms with van der Waals surface area (Å²) < 4.78 is 0. The molecule has 1 saturated carbocycles. The molecule has 1 N–H and O–H groups in total. The lowest BCUT2D eigenvalue weighted by Gasteiger charge is -2.36. The minimum atomic E-state index is 0.572. The van der Waals surface area contributed by atoms with Crippen molar-refractivity contribution < 1.29 is 0 Å². The lowest BCUT2D eigenvalue weighted by Crippen LogP contribution is -2.46. The number of benzene rings is 1. The molecule has 2 fully saturated rings. The van der Waals surface area contributed by atoms with Gasteiger partial charge in [-0.1, -0.05) is 30.5 Å². The van der Waals surface area contributed by atoms with Crippen molar-refractivity contribution in [3.8, 4) is 0 Å². The Balaban J connectivity index is 1.38. The molecule has 0 radical (unpaired) electrons. The van der Waals surface area contributed by atoms with E-state index in [2.05, 4.69) is 37.2 Å². The van der Waals surface area contributed by atoms with Crippen LogP contribution in [0.4, 0.5) is 17.3 Å². The summed E-state index contributed by atoms with van der Waals surface area (Å²) in [5.74, 6) is 1.97. The summed E-state index contributed by atoms with van der Waals surface area (Å²) in [6.45, 7) is 3.84. The molecule has 2 aliphatic rings. The Kier molecular flexibility index (Phi) is 4.92. The molecule has 0 bridgehead atoms. The summed E-state index contributed by atoms with van der Waals surface area (Å²) in [6, 6.07) is 10.7. The van der Waals surface area contributed by atoms with Gasteiger partial charge in [-0.3, -0.25) is 0 Å². The van der Waals surface area contributed by atoms with Crippen LogP contribution >= 0.6 is 11.6 Å². The van der Waals surface area contributed by atoms with Gasteiger partial charge in [-0.05, 0) is 31.0 Å². The standard InChI is InChI=1S/C19H24ClN5/c20-15-4-3-7-17(12-15)24-8-10-25(11-9-24)19-13-18(21-14-22-19)23-16-5-1-2-6-16/h3-4,7,12-14,16H,1-2,5-6,8-11H2,(H,21,22,23). The number of nitrogens with one attached hydrogen (secondary N) is 1. The zero-order valence-corrected chi connectivity index (χ0v) is 15.1. The molecule has 2 heterocycles. The first-order valence-corrected chi connectivity index (χ1v) is 9.50. The minimum absolute atomic E-state index is 0.572. The number of halogens is 1. The summed E-state index contributed by atoms with van der Waals surface area (Å²) in [5, 5.41) is 4.35. The highest BCUT2D eigenvalue weighted by Gasteiger charge is 2.20. The second-order valence-electron chi connectivity index (χ2n) is 6.84. The number of piperazine rings is 1. The van der Waals surface area contributed by atoms with Gasteiger partial charge in [-0.15, -0.1) is 0 Å². The quantitative estimate of drug-likeness (QED) is 0.901. The van der Waals surface area contributed by atoms with E-state index in [1.54, 1.807) is 6.33 Å². The number of hydrogen-bond donors (Lipinski definition) is 1. The van der Waals surface area contributed by atoms with Crippen LogP contribution in [0.15, 0.2) is 36.7 Å². The molecule has 0 atom stereocenters. The van der Waals surface area contributed by atoms with Gasteiger partial charge in [0.2, 0.25) is 0 Å². The van der Waals surface area contributed by atoms with Crippen molar-refractivity contribution in [3.05, 3.63) is 41.7 Å². The van der Waals surface area contributed by atoms with Gasteiger partial charge in [-0.25, -0.2) is 9.97 Å². The first-order chi connectivity index (χ1) is 12.3. The third-order valence-corrected chi connectivity index (χ3v) is 5.37. The summed E-state index contributed by atoms with van der Waals surface area (Å²) in [4.78, 5) is 13.6. The third-order valence-electron chi connectivity index (χ3n) is 5.14. The van der Waals surface area contributed by atoms with Crippen molar-refractivity contribution in [1.29, 1.82) is 0 Å². The Morgan fingerprint density at radius 3 is 2.48 bits per heavy atom. The molecular formula is C19H24ClN5. The van der Waals surface area contributed by atoms with E-state index in [4.69, 9.17) is 11.6 Å². The average molecular weight is 358 g/mol. The van der Waals surface area contributed by atoms with Crippen molar-refractivity contribution >= 4 is 28.9 Å². The first-order valence-electron chi connectivity index (χ1n) is 9.12. The molecule has 25 heavy (non-hydrogen) atoms. The van der Waals surface area contributed by atoms with Crippen molar-refractivity contribution in [2.75, 3.05) is 41.3 Å². The van der Waals surface area contributed by atoms with Gasteiger partial charge in [0.1, 0.15) is 18.0 Å². The zero-order valence-electron chi connectivity index (χ0n) is 14.4. The van der Waals surface area contributed by atoms with Crippen LogP contribution in [0.25, 0.3) is 0 Å². The SMILES string of the molecule is Clc1cccc(N2CCN(c3cc(NC4CCCC4)ncn3)CC2)c1. The van der Waals surface area contributed by atoms with Crippen molar-refractivity contribution in [1.82, 2.24) is 9.97 Å². The second kappa shape index (κ2) is 7.48. The van der Waals surface area contributed by atoms with Crippen molar-refractivity contribution in [2.24, 2.45) is 0 Å². The summed E-state index contributed by atoms with van der Waals surface area (Å²) >= 11 is 6.11. The number of anilines is 3. The van der Waals surface area contributed by atoms with E-state index in [-0.39, 0.29) is 0 Å². The predicted molar refractivity (Wildman–Crippen MR) is 104 cm³/mol. The van der Waals surface area contributed by atoms with Crippen molar-refractivity contribution in [2.45, 2.75) is 31.7 Å². The molecule has 0 unspecified atom stereocenters. The van der Waals surface area contributed by atoms with Gasteiger partial charge in [0, 0.05) is 49.0 Å². The van der Waals surface area contributed by atoms with E-state index in [1.165, 1.54) is 31.4 Å². The van der Waals surface area contributed by atoms with Gasteiger partial charge in [0.05, 0.1) is 0 Å². The smallest absolute Gasteiger partial charge is 0.134 e. The molecule has 0 amide bonds. The summed E-state index contributed by atoms with van der Waals surface area (Å²) in [7, 11) is 0. The van der Waals surface area contributed by atoms with Crippen LogP contribution in [-0.4, -0.2) is 42.2 Å². The Morgan fingerprint density at radius 1 is 0.960 bits per heavy atom. The molecule has 4 rings (SSSR count). The molecule has 1 aromatic carbocycles. The highest BCUT2D eigenvalue weighted by atomic mass is 35.5. The predicted octanol–water partition coefficient (Wildman–Crippen LogP) is 3.81. The molecule has 1 aliphatic heterocycles. The van der Waals surface area contributed by atoms with Gasteiger partial charge in [0.15, 0.2) is 0 Å². The van der Waals surface area contributed by atoms with Crippen LogP contribution in [0.5, 0.6) is 0 Å². The van der Waals surface area contributed by atoms with Crippen LogP contribution < -0.4 is 15.1 Å². The van der Waals surface area contributed by atoms with Crippen LogP contribution in [0.1, 0.15) is 25.7 Å². The Morgan fingerprint density at radius 2 is 1.72 bits per heavy atom. The molecule has 1 aromatic heterocycles. The molecular weight excluding hydrogens is 334 g/mol. The molecule has 6 heteroatoms. The maximum Gasteiger partial charge on any atom is 0.134 e. The normalized spacial score (nSPS) is 18.6. The summed E-state index contributed by atoms with van der Waals surface area (Å²) in [6.07, 6.45) is 6.81. The fourth-order valence-electron chi connectivity index (χ4n) is 3.74. The molecule has 2 aromatic rings. The van der Waals surface area contributed by atoms with Gasteiger partial charge >= 0.3 is 0 Å². The van der Waals surface area contributed by atoms with E-state index < -0.39 is 0 Å². The average Bonchev–Trinajstić information content (AvgIpc) is 3.15. The minimum Gasteiger partial charge on any atom is -0.368 e. The van der Waals surface area contributed by atoms with Gasteiger partial charge in [-0.2, -0.15) is 0 Å². The number of nitrogens with zero attached hydrogens (tertiary/aromatic N) is 4. The lowest BCUT2D eigenvalue weighted by atomic mass is 10.2. The van der Waals surface area contributed by atoms with Crippen LogP contribution in [0, 0.1) is 0 Å². The fourth-order valence-corrected chi connectivity index (χ4v) is 3.93. The van der Waals surface area contributed by atoms with E-state index in [1.807, 2.05) is 18.2 Å². The maximum atomic E-state index is 6.11. The monoisotopic (exact) mass is 357 g/mol. The summed E-state index contributed by atoms with van der Waals surface area (Å²) in [5.41, 5.74) is 1.19. The number of rotatable bonds is 4. The van der Waals surface area contributed by atoms with E-state index >= 15 is 0 Å². The Bertz CT molecular complexity index is 708. The number of hydrogen-bond acceptors (Lipinski definition) is 5. The third kappa shape index (κ3) is 3.98. The highest BCUT2D eigenvalue weighted by Crippen LogP contribution is 2.25. The van der Waals surface area contributed by atoms with Gasteiger partial charge < -0.3 is 15.1 Å². The molecule has 1 saturated heterocycles. The zero-order chi connectivity index (χ0) is 17.1. The lowest BCUT2D eigenvalue weighted by molar-refractivity contribution is 0.646. The first kappa shape index (κ1) is 16.5. The highest BCUT2D eigenvalue weighted by molar-refractivity contribution is 6.30. The van der Waals surface area contributed by atoms with Crippen LogP contribution in [0.2, 0.25) is 5.02 Å². The van der Waals surface area contributed by atoms with Crippen molar-refractivity contribution in [3.63, 3.8) is 0 Å². The van der Waals surface area contributed by atoms with Gasteiger partial charge in [0.25, 0.3) is 0 Å². The largest absolute Gasteiger partial charge is 0.368 e. The molecule has 132 valence electrons. The fraction of sp³-hybridized carbons (Fsp3) is 0.474. The molecule has 5 nitrogen and oxygen atoms in total. The number of aromatic nitrogens is 2. The van der Waals surface area contributed by atoms with Crippen LogP contribution in [0.3, 0.4) is 0 Å². The molecule has 1 aliphatic carbocycles. The van der Waals surface area contributed by atoms with Crippen LogP contribution in [-0.2, 0) is 0 Å².